The number of amides is 1. The number of aliphatic imine (C=N–C) groups is 1. The second kappa shape index (κ2) is 7.49. The van der Waals surface area contributed by atoms with E-state index in [1.54, 1.807) is 18.2 Å². The van der Waals surface area contributed by atoms with E-state index >= 15 is 0 Å². The van der Waals surface area contributed by atoms with E-state index in [9.17, 15) is 4.79 Å². The average Bonchev–Trinajstić information content (AvgIpc) is 2.48. The summed E-state index contributed by atoms with van der Waals surface area (Å²) in [4.78, 5) is 20.6. The predicted octanol–water partition coefficient (Wildman–Crippen LogP) is 2.96. The molecule has 128 valence electrons. The lowest BCUT2D eigenvalue weighted by Gasteiger charge is -2.16. The normalized spacial score (nSPS) is 12.2. The minimum Gasteiger partial charge on any atom is -0.370 e. The van der Waals surface area contributed by atoms with E-state index < -0.39 is 0 Å². The Morgan fingerprint density at radius 3 is 2.62 bits per heavy atom. The third-order valence-corrected chi connectivity index (χ3v) is 3.82. The molecule has 0 aliphatic carbocycles. The van der Waals surface area contributed by atoms with Gasteiger partial charge in [-0.1, -0.05) is 31.5 Å². The Kier molecular flexibility index (Phi) is 5.62. The van der Waals surface area contributed by atoms with Crippen LogP contribution in [0.5, 0.6) is 0 Å². The summed E-state index contributed by atoms with van der Waals surface area (Å²) >= 11 is 6.17. The molecule has 0 fully saturated rings. The van der Waals surface area contributed by atoms with Crippen molar-refractivity contribution in [3.63, 3.8) is 0 Å². The van der Waals surface area contributed by atoms with Crippen LogP contribution in [0.15, 0.2) is 29.4 Å². The molecule has 1 atom stereocenters. The number of carbonyl (C=O) groups is 1. The summed E-state index contributed by atoms with van der Waals surface area (Å²) < 4.78 is 0. The first kappa shape index (κ1) is 18.0. The zero-order valence-electron chi connectivity index (χ0n) is 14.0. The van der Waals surface area contributed by atoms with Crippen molar-refractivity contribution in [2.24, 2.45) is 22.4 Å². The summed E-state index contributed by atoms with van der Waals surface area (Å²) in [6, 6.07) is 5.29. The number of hydrogen-bond acceptors (Lipinski definition) is 3. The molecule has 1 aromatic carbocycles. The van der Waals surface area contributed by atoms with Gasteiger partial charge in [-0.3, -0.25) is 4.79 Å². The fourth-order valence-electron chi connectivity index (χ4n) is 2.62. The fourth-order valence-corrected chi connectivity index (χ4v) is 2.83. The van der Waals surface area contributed by atoms with Crippen LogP contribution >= 0.6 is 11.6 Å². The summed E-state index contributed by atoms with van der Waals surface area (Å²) in [6.45, 7) is 6.23. The number of guanidine groups is 1. The van der Waals surface area contributed by atoms with Gasteiger partial charge in [-0.05, 0) is 31.4 Å². The standard InChI is InChI=1S/C17H22ClN5O/c1-9(2)6-10(3)22-16(24)11-4-5-12-13(7-11)15(23-17(19)20)21-8-14(12)18/h4-5,7-10H,6H2,1-3H3,(H,22,24)(H4,19,20,21,23). The zero-order chi connectivity index (χ0) is 17.9. The molecule has 6 nitrogen and oxygen atoms in total. The molecule has 1 heterocycles. The minimum atomic E-state index is -0.152. The SMILES string of the molecule is CC(C)CC(C)NC(=O)c1ccc2c(Cl)cnc(N=C(N)N)c2c1. The van der Waals surface area contributed by atoms with E-state index in [-0.39, 0.29) is 17.9 Å². The van der Waals surface area contributed by atoms with Gasteiger partial charge in [0.1, 0.15) is 0 Å². The van der Waals surface area contributed by atoms with Gasteiger partial charge >= 0.3 is 0 Å². The largest absolute Gasteiger partial charge is 0.370 e. The number of nitrogens with two attached hydrogens (primary N) is 2. The van der Waals surface area contributed by atoms with Gasteiger partial charge in [0.2, 0.25) is 0 Å². The van der Waals surface area contributed by atoms with Gasteiger partial charge < -0.3 is 16.8 Å². The van der Waals surface area contributed by atoms with Crippen LogP contribution in [0.2, 0.25) is 5.02 Å². The third-order valence-electron chi connectivity index (χ3n) is 3.52. The lowest BCUT2D eigenvalue weighted by molar-refractivity contribution is 0.0936. The first-order chi connectivity index (χ1) is 11.3. The Balaban J connectivity index is 2.39. The number of fused-ring (bicyclic) bond motifs is 1. The average molecular weight is 348 g/mol. The van der Waals surface area contributed by atoms with Gasteiger partial charge in [0.25, 0.3) is 5.91 Å². The summed E-state index contributed by atoms with van der Waals surface area (Å²) in [5, 5.41) is 4.82. The van der Waals surface area contributed by atoms with Crippen molar-refractivity contribution in [2.75, 3.05) is 0 Å². The topological polar surface area (TPSA) is 106 Å². The maximum Gasteiger partial charge on any atom is 0.251 e. The number of rotatable bonds is 5. The van der Waals surface area contributed by atoms with Crippen molar-refractivity contribution in [3.05, 3.63) is 35.0 Å². The maximum absolute atomic E-state index is 12.4. The zero-order valence-corrected chi connectivity index (χ0v) is 14.8. The Bertz CT molecular complexity index is 784. The molecular weight excluding hydrogens is 326 g/mol. The number of nitrogens with zero attached hydrogens (tertiary/aromatic N) is 2. The van der Waals surface area contributed by atoms with E-state index in [0.717, 1.165) is 11.8 Å². The molecule has 24 heavy (non-hydrogen) atoms. The molecule has 1 aromatic heterocycles. The van der Waals surface area contributed by atoms with Crippen LogP contribution < -0.4 is 16.8 Å². The van der Waals surface area contributed by atoms with Gasteiger partial charge in [0.05, 0.1) is 5.02 Å². The predicted molar refractivity (Wildman–Crippen MR) is 98.6 cm³/mol. The molecule has 0 saturated carbocycles. The van der Waals surface area contributed by atoms with Crippen LogP contribution in [0.25, 0.3) is 10.8 Å². The molecule has 0 aliphatic rings. The van der Waals surface area contributed by atoms with Crippen LogP contribution in [-0.4, -0.2) is 22.9 Å². The van der Waals surface area contributed by atoms with Crippen molar-refractivity contribution in [2.45, 2.75) is 33.2 Å². The van der Waals surface area contributed by atoms with Crippen LogP contribution in [0.1, 0.15) is 37.6 Å². The molecule has 1 unspecified atom stereocenters. The second-order valence-corrected chi connectivity index (χ2v) is 6.64. The van der Waals surface area contributed by atoms with Crippen LogP contribution in [0.3, 0.4) is 0 Å². The number of benzene rings is 1. The highest BCUT2D eigenvalue weighted by Gasteiger charge is 2.14. The molecule has 0 spiro atoms. The lowest BCUT2D eigenvalue weighted by Crippen LogP contribution is -2.33. The van der Waals surface area contributed by atoms with Gasteiger partial charge in [-0.2, -0.15) is 4.99 Å². The van der Waals surface area contributed by atoms with Crippen molar-refractivity contribution in [3.8, 4) is 0 Å². The molecule has 1 amide bonds. The monoisotopic (exact) mass is 347 g/mol. The summed E-state index contributed by atoms with van der Waals surface area (Å²) in [5.41, 5.74) is 11.4. The smallest absolute Gasteiger partial charge is 0.251 e. The highest BCUT2D eigenvalue weighted by Crippen LogP contribution is 2.30. The molecule has 0 saturated heterocycles. The van der Waals surface area contributed by atoms with Gasteiger partial charge in [-0.25, -0.2) is 4.98 Å². The molecule has 0 radical (unpaired) electrons. The van der Waals surface area contributed by atoms with E-state index in [1.807, 2.05) is 6.92 Å². The van der Waals surface area contributed by atoms with Crippen LogP contribution in [-0.2, 0) is 0 Å². The van der Waals surface area contributed by atoms with Gasteiger partial charge in [0, 0.05) is 28.6 Å². The Morgan fingerprint density at radius 2 is 2.00 bits per heavy atom. The van der Waals surface area contributed by atoms with Gasteiger partial charge in [-0.15, -0.1) is 0 Å². The van der Waals surface area contributed by atoms with E-state index in [2.05, 4.69) is 29.1 Å². The van der Waals surface area contributed by atoms with Gasteiger partial charge in [0.15, 0.2) is 11.8 Å². The summed E-state index contributed by atoms with van der Waals surface area (Å²) in [6.07, 6.45) is 2.39. The molecule has 0 aliphatic heterocycles. The number of hydrogen-bond donors (Lipinski definition) is 3. The van der Waals surface area contributed by atoms with Crippen molar-refractivity contribution < 1.29 is 4.79 Å². The van der Waals surface area contributed by atoms with E-state index in [0.29, 0.717) is 27.7 Å². The minimum absolute atomic E-state index is 0.0860. The Morgan fingerprint density at radius 1 is 1.29 bits per heavy atom. The maximum atomic E-state index is 12.4. The van der Waals surface area contributed by atoms with E-state index in [1.165, 1.54) is 6.20 Å². The highest BCUT2D eigenvalue weighted by atomic mass is 35.5. The lowest BCUT2D eigenvalue weighted by atomic mass is 10.0. The summed E-state index contributed by atoms with van der Waals surface area (Å²) in [5.74, 6) is 0.583. The first-order valence-corrected chi connectivity index (χ1v) is 8.14. The molecule has 0 bridgehead atoms. The fraction of sp³-hybridized carbons (Fsp3) is 0.353. The molecular formula is C17H22ClN5O. The van der Waals surface area contributed by atoms with Crippen LogP contribution in [0.4, 0.5) is 5.82 Å². The Hall–Kier alpha value is -2.34. The first-order valence-electron chi connectivity index (χ1n) is 7.76. The van der Waals surface area contributed by atoms with Crippen LogP contribution in [0, 0.1) is 5.92 Å². The number of halogens is 1. The van der Waals surface area contributed by atoms with Crippen molar-refractivity contribution in [1.82, 2.24) is 10.3 Å². The second-order valence-electron chi connectivity index (χ2n) is 6.23. The summed E-state index contributed by atoms with van der Waals surface area (Å²) in [7, 11) is 0. The van der Waals surface area contributed by atoms with Crippen molar-refractivity contribution >= 4 is 40.1 Å². The Labute approximate surface area is 146 Å². The van der Waals surface area contributed by atoms with Crippen molar-refractivity contribution in [1.29, 1.82) is 0 Å². The third kappa shape index (κ3) is 4.35. The molecule has 5 N–H and O–H groups in total. The molecule has 2 rings (SSSR count). The molecule has 7 heteroatoms. The number of pyridine rings is 1. The molecule has 2 aromatic rings. The quantitative estimate of drug-likeness (QED) is 0.571. The number of nitrogens with one attached hydrogen (secondary N) is 1. The highest BCUT2D eigenvalue weighted by molar-refractivity contribution is 6.35. The number of aromatic nitrogens is 1. The number of carbonyl (C=O) groups excluding carboxylic acids is 1. The van der Waals surface area contributed by atoms with E-state index in [4.69, 9.17) is 23.1 Å².